The molecule has 0 saturated carbocycles. The van der Waals surface area contributed by atoms with Crippen LogP contribution in [0.5, 0.6) is 0 Å². The van der Waals surface area contributed by atoms with Crippen LogP contribution in [0.4, 0.5) is 8.78 Å². The molecule has 2 rings (SSSR count). The molecular formula is C15H16F2N2. The first-order valence-corrected chi connectivity index (χ1v) is 6.24. The first-order chi connectivity index (χ1) is 9.16. The maximum atomic E-state index is 13.6. The van der Waals surface area contributed by atoms with Gasteiger partial charge in [0.1, 0.15) is 11.6 Å². The van der Waals surface area contributed by atoms with Gasteiger partial charge < -0.3 is 5.32 Å². The molecule has 2 aromatic rings. The van der Waals surface area contributed by atoms with Crippen molar-refractivity contribution in [1.29, 1.82) is 0 Å². The van der Waals surface area contributed by atoms with Crippen molar-refractivity contribution in [1.82, 2.24) is 10.3 Å². The molecule has 0 saturated heterocycles. The van der Waals surface area contributed by atoms with Gasteiger partial charge in [-0.05, 0) is 55.8 Å². The molecule has 0 aliphatic carbocycles. The summed E-state index contributed by atoms with van der Waals surface area (Å²) in [5, 5.41) is 3.19. The number of aromatic nitrogens is 1. The number of rotatable bonds is 5. The van der Waals surface area contributed by atoms with E-state index in [1.807, 2.05) is 19.1 Å². The fourth-order valence-electron chi connectivity index (χ4n) is 1.94. The van der Waals surface area contributed by atoms with Gasteiger partial charge in [-0.15, -0.1) is 0 Å². The lowest BCUT2D eigenvalue weighted by Crippen LogP contribution is -2.22. The van der Waals surface area contributed by atoms with E-state index >= 15 is 0 Å². The molecule has 19 heavy (non-hydrogen) atoms. The predicted octanol–water partition coefficient (Wildman–Crippen LogP) is 3.25. The van der Waals surface area contributed by atoms with Gasteiger partial charge in [-0.1, -0.05) is 0 Å². The Morgan fingerprint density at radius 2 is 1.89 bits per heavy atom. The van der Waals surface area contributed by atoms with Crippen molar-refractivity contribution in [3.05, 3.63) is 65.5 Å². The van der Waals surface area contributed by atoms with Gasteiger partial charge in [-0.3, -0.25) is 4.98 Å². The molecule has 1 unspecified atom stereocenters. The number of benzene rings is 1. The third-order valence-corrected chi connectivity index (χ3v) is 3.04. The van der Waals surface area contributed by atoms with Crippen molar-refractivity contribution in [2.75, 3.05) is 6.54 Å². The van der Waals surface area contributed by atoms with E-state index in [-0.39, 0.29) is 11.9 Å². The monoisotopic (exact) mass is 262 g/mol. The smallest absolute Gasteiger partial charge is 0.128 e. The molecular weight excluding hydrogens is 246 g/mol. The lowest BCUT2D eigenvalue weighted by atomic mass is 10.1. The minimum Gasteiger partial charge on any atom is -0.310 e. The average molecular weight is 262 g/mol. The highest BCUT2D eigenvalue weighted by molar-refractivity contribution is 5.22. The Labute approximate surface area is 111 Å². The molecule has 0 radical (unpaired) electrons. The van der Waals surface area contributed by atoms with Crippen molar-refractivity contribution >= 4 is 0 Å². The van der Waals surface area contributed by atoms with Gasteiger partial charge in [0.15, 0.2) is 0 Å². The van der Waals surface area contributed by atoms with Crippen LogP contribution in [-0.2, 0) is 6.42 Å². The fourth-order valence-corrected chi connectivity index (χ4v) is 1.94. The van der Waals surface area contributed by atoms with Crippen LogP contribution in [0, 0.1) is 11.6 Å². The van der Waals surface area contributed by atoms with E-state index in [2.05, 4.69) is 10.3 Å². The van der Waals surface area contributed by atoms with Gasteiger partial charge in [0.05, 0.1) is 0 Å². The molecule has 0 aliphatic rings. The average Bonchev–Trinajstić information content (AvgIpc) is 2.42. The number of hydrogen-bond acceptors (Lipinski definition) is 2. The predicted molar refractivity (Wildman–Crippen MR) is 70.7 cm³/mol. The third-order valence-electron chi connectivity index (χ3n) is 3.04. The highest BCUT2D eigenvalue weighted by Crippen LogP contribution is 2.17. The van der Waals surface area contributed by atoms with E-state index in [0.29, 0.717) is 12.1 Å². The first kappa shape index (κ1) is 13.6. The zero-order chi connectivity index (χ0) is 13.7. The molecule has 0 bridgehead atoms. The van der Waals surface area contributed by atoms with Gasteiger partial charge in [-0.25, -0.2) is 8.78 Å². The molecule has 100 valence electrons. The molecule has 4 heteroatoms. The van der Waals surface area contributed by atoms with E-state index in [9.17, 15) is 8.78 Å². The molecule has 0 aliphatic heterocycles. The maximum absolute atomic E-state index is 13.6. The SMILES string of the molecule is CC(NCCc1ccncc1)c1cc(F)ccc1F. The molecule has 0 fully saturated rings. The molecule has 2 nitrogen and oxygen atoms in total. The lowest BCUT2D eigenvalue weighted by molar-refractivity contribution is 0.521. The molecule has 1 N–H and O–H groups in total. The summed E-state index contributed by atoms with van der Waals surface area (Å²) in [6.07, 6.45) is 4.31. The Morgan fingerprint density at radius 3 is 2.63 bits per heavy atom. The van der Waals surface area contributed by atoms with Crippen molar-refractivity contribution in [2.45, 2.75) is 19.4 Å². The van der Waals surface area contributed by atoms with Crippen molar-refractivity contribution < 1.29 is 8.78 Å². The first-order valence-electron chi connectivity index (χ1n) is 6.24. The zero-order valence-electron chi connectivity index (χ0n) is 10.7. The van der Waals surface area contributed by atoms with Crippen LogP contribution in [0.1, 0.15) is 24.1 Å². The van der Waals surface area contributed by atoms with Gasteiger partial charge in [-0.2, -0.15) is 0 Å². The van der Waals surface area contributed by atoms with Crippen LogP contribution in [0.25, 0.3) is 0 Å². The van der Waals surface area contributed by atoms with Crippen LogP contribution in [0.15, 0.2) is 42.7 Å². The molecule has 1 aromatic heterocycles. The number of pyridine rings is 1. The Morgan fingerprint density at radius 1 is 1.16 bits per heavy atom. The topological polar surface area (TPSA) is 24.9 Å². The molecule has 1 atom stereocenters. The standard InChI is InChI=1S/C15H16F2N2/c1-11(14-10-13(16)2-3-15(14)17)19-9-6-12-4-7-18-8-5-12/h2-5,7-8,10-11,19H,6,9H2,1H3. The Balaban J connectivity index is 1.91. The van der Waals surface area contributed by atoms with Gasteiger partial charge >= 0.3 is 0 Å². The van der Waals surface area contributed by atoms with Crippen molar-refractivity contribution in [3.63, 3.8) is 0 Å². The molecule has 1 heterocycles. The highest BCUT2D eigenvalue weighted by atomic mass is 19.1. The third kappa shape index (κ3) is 3.83. The highest BCUT2D eigenvalue weighted by Gasteiger charge is 2.11. The largest absolute Gasteiger partial charge is 0.310 e. The quantitative estimate of drug-likeness (QED) is 0.894. The summed E-state index contributed by atoms with van der Waals surface area (Å²) < 4.78 is 26.6. The Bertz CT molecular complexity index is 529. The summed E-state index contributed by atoms with van der Waals surface area (Å²) in [6.45, 7) is 2.52. The second-order valence-electron chi connectivity index (χ2n) is 4.45. The van der Waals surface area contributed by atoms with Crippen LogP contribution < -0.4 is 5.32 Å². The summed E-state index contributed by atoms with van der Waals surface area (Å²) in [7, 11) is 0. The van der Waals surface area contributed by atoms with Gasteiger partial charge in [0, 0.05) is 24.0 Å². The lowest BCUT2D eigenvalue weighted by Gasteiger charge is -2.15. The molecule has 1 aromatic carbocycles. The van der Waals surface area contributed by atoms with Gasteiger partial charge in [0.2, 0.25) is 0 Å². The number of nitrogens with one attached hydrogen (secondary N) is 1. The number of nitrogens with zero attached hydrogens (tertiary/aromatic N) is 1. The van der Waals surface area contributed by atoms with Crippen LogP contribution >= 0.6 is 0 Å². The molecule has 0 spiro atoms. The number of halogens is 2. The van der Waals surface area contributed by atoms with Crippen molar-refractivity contribution in [2.24, 2.45) is 0 Å². The second-order valence-corrected chi connectivity index (χ2v) is 4.45. The fraction of sp³-hybridized carbons (Fsp3) is 0.267. The van der Waals surface area contributed by atoms with Crippen LogP contribution in [0.3, 0.4) is 0 Å². The summed E-state index contributed by atoms with van der Waals surface area (Å²) in [4.78, 5) is 3.95. The summed E-state index contributed by atoms with van der Waals surface area (Å²) in [6, 6.07) is 7.18. The minimum atomic E-state index is -0.417. The number of hydrogen-bond donors (Lipinski definition) is 1. The van der Waals surface area contributed by atoms with Crippen LogP contribution in [0.2, 0.25) is 0 Å². The van der Waals surface area contributed by atoms with Crippen LogP contribution in [-0.4, -0.2) is 11.5 Å². The van der Waals surface area contributed by atoms with E-state index in [4.69, 9.17) is 0 Å². The zero-order valence-corrected chi connectivity index (χ0v) is 10.7. The second kappa shape index (κ2) is 6.38. The summed E-state index contributed by atoms with van der Waals surface area (Å²) >= 11 is 0. The van der Waals surface area contributed by atoms with E-state index in [1.54, 1.807) is 12.4 Å². The Kier molecular flexibility index (Phi) is 4.58. The summed E-state index contributed by atoms with van der Waals surface area (Å²) in [5.74, 6) is -0.801. The van der Waals surface area contributed by atoms with Crippen molar-refractivity contribution in [3.8, 4) is 0 Å². The molecule has 0 amide bonds. The minimum absolute atomic E-state index is 0.225. The Hall–Kier alpha value is -1.81. The van der Waals surface area contributed by atoms with E-state index in [1.165, 1.54) is 6.07 Å². The summed E-state index contributed by atoms with van der Waals surface area (Å²) in [5.41, 5.74) is 1.52. The normalized spacial score (nSPS) is 12.4. The van der Waals surface area contributed by atoms with Gasteiger partial charge in [0.25, 0.3) is 0 Å². The maximum Gasteiger partial charge on any atom is 0.128 e. The van der Waals surface area contributed by atoms with E-state index < -0.39 is 5.82 Å². The van der Waals surface area contributed by atoms with E-state index in [0.717, 1.165) is 24.1 Å².